The molecule has 0 aliphatic carbocycles. The van der Waals surface area contributed by atoms with Crippen LogP contribution in [0.25, 0.3) is 0 Å². The standard InChI is InChI=1S/C14H14FN3/c15-13-11(9-16)5-7-17-14(13)18-8-6-10-3-1-2-4-12(10)18/h1-5,7H,6,8-9,16H2. The van der Waals surface area contributed by atoms with Crippen LogP contribution in [0.1, 0.15) is 11.1 Å². The Bertz CT molecular complexity index is 583. The molecule has 1 aliphatic heterocycles. The van der Waals surface area contributed by atoms with E-state index in [1.807, 2.05) is 23.1 Å². The lowest BCUT2D eigenvalue weighted by Crippen LogP contribution is -2.17. The number of nitrogens with two attached hydrogens (primary N) is 1. The van der Waals surface area contributed by atoms with Crippen molar-refractivity contribution in [1.29, 1.82) is 0 Å². The molecule has 2 aromatic rings. The zero-order valence-corrected chi connectivity index (χ0v) is 9.94. The average Bonchev–Trinajstić information content (AvgIpc) is 2.83. The number of pyridine rings is 1. The maximum atomic E-state index is 14.2. The highest BCUT2D eigenvalue weighted by molar-refractivity contribution is 5.68. The molecule has 1 aromatic carbocycles. The minimum atomic E-state index is -0.309. The highest BCUT2D eigenvalue weighted by atomic mass is 19.1. The van der Waals surface area contributed by atoms with Crippen LogP contribution in [0.4, 0.5) is 15.9 Å². The maximum Gasteiger partial charge on any atom is 0.170 e. The van der Waals surface area contributed by atoms with Crippen molar-refractivity contribution < 1.29 is 4.39 Å². The van der Waals surface area contributed by atoms with Gasteiger partial charge in [-0.15, -0.1) is 0 Å². The monoisotopic (exact) mass is 243 g/mol. The number of rotatable bonds is 2. The summed E-state index contributed by atoms with van der Waals surface area (Å²) in [5.41, 5.74) is 8.30. The molecule has 92 valence electrons. The summed E-state index contributed by atoms with van der Waals surface area (Å²) in [7, 11) is 0. The van der Waals surface area contributed by atoms with Gasteiger partial charge < -0.3 is 10.6 Å². The summed E-state index contributed by atoms with van der Waals surface area (Å²) in [4.78, 5) is 6.08. The number of aromatic nitrogens is 1. The molecule has 0 bridgehead atoms. The average molecular weight is 243 g/mol. The third-order valence-corrected chi connectivity index (χ3v) is 3.31. The molecule has 3 rings (SSSR count). The van der Waals surface area contributed by atoms with Crippen LogP contribution in [0.2, 0.25) is 0 Å². The Hall–Kier alpha value is -1.94. The Morgan fingerprint density at radius 2 is 2.11 bits per heavy atom. The SMILES string of the molecule is NCc1ccnc(N2CCc3ccccc32)c1F. The van der Waals surface area contributed by atoms with E-state index >= 15 is 0 Å². The largest absolute Gasteiger partial charge is 0.326 e. The topological polar surface area (TPSA) is 42.1 Å². The van der Waals surface area contributed by atoms with Crippen LogP contribution in [-0.2, 0) is 13.0 Å². The summed E-state index contributed by atoms with van der Waals surface area (Å²) >= 11 is 0. The normalized spacial score (nSPS) is 13.8. The van der Waals surface area contributed by atoms with E-state index in [0.717, 1.165) is 18.7 Å². The van der Waals surface area contributed by atoms with E-state index in [1.165, 1.54) is 5.56 Å². The summed E-state index contributed by atoms with van der Waals surface area (Å²) in [6.45, 7) is 0.953. The van der Waals surface area contributed by atoms with E-state index in [0.29, 0.717) is 11.4 Å². The lowest BCUT2D eigenvalue weighted by Gasteiger charge is -2.19. The first kappa shape index (κ1) is 11.2. The molecule has 1 aliphatic rings. The number of anilines is 2. The Balaban J connectivity index is 2.08. The van der Waals surface area contributed by atoms with Gasteiger partial charge in [-0.1, -0.05) is 18.2 Å². The number of benzene rings is 1. The molecule has 0 saturated heterocycles. The molecule has 0 saturated carbocycles. The van der Waals surface area contributed by atoms with Crippen LogP contribution in [-0.4, -0.2) is 11.5 Å². The van der Waals surface area contributed by atoms with Crippen LogP contribution in [0, 0.1) is 5.82 Å². The van der Waals surface area contributed by atoms with Gasteiger partial charge in [-0.3, -0.25) is 0 Å². The van der Waals surface area contributed by atoms with Crippen molar-refractivity contribution in [2.75, 3.05) is 11.4 Å². The van der Waals surface area contributed by atoms with Gasteiger partial charge in [-0.05, 0) is 24.1 Å². The second kappa shape index (κ2) is 4.38. The number of hydrogen-bond donors (Lipinski definition) is 1. The smallest absolute Gasteiger partial charge is 0.170 e. The maximum absolute atomic E-state index is 14.2. The molecule has 0 amide bonds. The molecule has 2 heterocycles. The van der Waals surface area contributed by atoms with Crippen LogP contribution < -0.4 is 10.6 Å². The Kier molecular flexibility index (Phi) is 2.72. The van der Waals surface area contributed by atoms with Crippen LogP contribution in [0.15, 0.2) is 36.5 Å². The molecule has 0 spiro atoms. The van der Waals surface area contributed by atoms with Crippen molar-refractivity contribution in [2.45, 2.75) is 13.0 Å². The van der Waals surface area contributed by atoms with E-state index in [9.17, 15) is 4.39 Å². The summed E-state index contributed by atoms with van der Waals surface area (Å²) in [5, 5.41) is 0. The number of para-hydroxylation sites is 1. The third kappa shape index (κ3) is 1.66. The Morgan fingerprint density at radius 3 is 2.94 bits per heavy atom. The Morgan fingerprint density at radius 1 is 1.28 bits per heavy atom. The molecule has 0 fully saturated rings. The minimum absolute atomic E-state index is 0.191. The number of fused-ring (bicyclic) bond motifs is 1. The fourth-order valence-corrected chi connectivity index (χ4v) is 2.38. The van der Waals surface area contributed by atoms with Crippen molar-refractivity contribution in [1.82, 2.24) is 4.98 Å². The molecule has 0 radical (unpaired) electrons. The number of nitrogens with zero attached hydrogens (tertiary/aromatic N) is 2. The van der Waals surface area contributed by atoms with Gasteiger partial charge in [0.2, 0.25) is 0 Å². The number of halogens is 1. The predicted molar refractivity (Wildman–Crippen MR) is 69.2 cm³/mol. The molecular formula is C14H14FN3. The summed E-state index contributed by atoms with van der Waals surface area (Å²) < 4.78 is 14.2. The fraction of sp³-hybridized carbons (Fsp3) is 0.214. The molecule has 0 unspecified atom stereocenters. The highest BCUT2D eigenvalue weighted by Crippen LogP contribution is 2.34. The van der Waals surface area contributed by atoms with E-state index in [2.05, 4.69) is 11.1 Å². The third-order valence-electron chi connectivity index (χ3n) is 3.31. The first-order valence-corrected chi connectivity index (χ1v) is 6.00. The van der Waals surface area contributed by atoms with E-state index in [1.54, 1.807) is 12.3 Å². The summed E-state index contributed by atoms with van der Waals surface area (Å²) in [6, 6.07) is 9.66. The zero-order valence-electron chi connectivity index (χ0n) is 9.94. The molecule has 4 heteroatoms. The first-order valence-electron chi connectivity index (χ1n) is 6.00. The lowest BCUT2D eigenvalue weighted by atomic mass is 10.2. The van der Waals surface area contributed by atoms with Gasteiger partial charge in [0.05, 0.1) is 0 Å². The summed E-state index contributed by atoms with van der Waals surface area (Å²) in [6.07, 6.45) is 2.53. The molecule has 2 N–H and O–H groups in total. The first-order chi connectivity index (χ1) is 8.81. The van der Waals surface area contributed by atoms with Crippen molar-refractivity contribution in [3.05, 3.63) is 53.5 Å². The second-order valence-electron chi connectivity index (χ2n) is 4.34. The van der Waals surface area contributed by atoms with Gasteiger partial charge in [-0.2, -0.15) is 0 Å². The highest BCUT2D eigenvalue weighted by Gasteiger charge is 2.24. The zero-order chi connectivity index (χ0) is 12.5. The van der Waals surface area contributed by atoms with Gasteiger partial charge in [0.25, 0.3) is 0 Å². The molecule has 0 atom stereocenters. The van der Waals surface area contributed by atoms with Crippen molar-refractivity contribution >= 4 is 11.5 Å². The Labute approximate surface area is 105 Å². The van der Waals surface area contributed by atoms with E-state index in [4.69, 9.17) is 5.73 Å². The molecule has 18 heavy (non-hydrogen) atoms. The van der Waals surface area contributed by atoms with Crippen LogP contribution >= 0.6 is 0 Å². The van der Waals surface area contributed by atoms with Crippen LogP contribution in [0.3, 0.4) is 0 Å². The molecule has 3 nitrogen and oxygen atoms in total. The van der Waals surface area contributed by atoms with Gasteiger partial charge in [0, 0.05) is 30.5 Å². The minimum Gasteiger partial charge on any atom is -0.326 e. The molecule has 1 aromatic heterocycles. The molecular weight excluding hydrogens is 229 g/mol. The van der Waals surface area contributed by atoms with Gasteiger partial charge in [0.1, 0.15) is 0 Å². The number of hydrogen-bond acceptors (Lipinski definition) is 3. The lowest BCUT2D eigenvalue weighted by molar-refractivity contribution is 0.602. The van der Waals surface area contributed by atoms with Crippen molar-refractivity contribution in [2.24, 2.45) is 5.73 Å². The fourth-order valence-electron chi connectivity index (χ4n) is 2.38. The van der Waals surface area contributed by atoms with E-state index in [-0.39, 0.29) is 12.4 Å². The van der Waals surface area contributed by atoms with Gasteiger partial charge >= 0.3 is 0 Å². The van der Waals surface area contributed by atoms with Crippen LogP contribution in [0.5, 0.6) is 0 Å². The van der Waals surface area contributed by atoms with Crippen molar-refractivity contribution in [3.63, 3.8) is 0 Å². The van der Waals surface area contributed by atoms with Crippen molar-refractivity contribution in [3.8, 4) is 0 Å². The van der Waals surface area contributed by atoms with E-state index < -0.39 is 0 Å². The summed E-state index contributed by atoms with van der Waals surface area (Å²) in [5.74, 6) is 0.0691. The second-order valence-corrected chi connectivity index (χ2v) is 4.34. The van der Waals surface area contributed by atoms with Gasteiger partial charge in [-0.25, -0.2) is 9.37 Å². The quantitative estimate of drug-likeness (QED) is 0.880. The predicted octanol–water partition coefficient (Wildman–Crippen LogP) is 2.37. The van der Waals surface area contributed by atoms with Gasteiger partial charge in [0.15, 0.2) is 11.6 Å².